The molecule has 122 valence electrons. The molecule has 2 saturated heterocycles. The van der Waals surface area contributed by atoms with E-state index in [1.165, 1.54) is 7.05 Å². The van der Waals surface area contributed by atoms with Gasteiger partial charge in [0, 0.05) is 38.1 Å². The van der Waals surface area contributed by atoms with Crippen molar-refractivity contribution in [3.63, 3.8) is 0 Å². The lowest BCUT2D eigenvalue weighted by Crippen LogP contribution is -2.50. The third-order valence-electron chi connectivity index (χ3n) is 4.74. The number of carbonyl (C=O) groups excluding carboxylic acids is 1. The molecule has 2 bridgehead atoms. The van der Waals surface area contributed by atoms with Gasteiger partial charge in [-0.05, 0) is 25.7 Å². The van der Waals surface area contributed by atoms with Crippen molar-refractivity contribution >= 4 is 15.9 Å². The van der Waals surface area contributed by atoms with Gasteiger partial charge in [-0.25, -0.2) is 12.7 Å². The Morgan fingerprint density at radius 1 is 1.38 bits per heavy atom. The van der Waals surface area contributed by atoms with Crippen LogP contribution in [-0.4, -0.2) is 73.2 Å². The SMILES string of the molecule is CN(C[C@H](O)CN1[C@@H]2CC[C@H]1C[C@H](C(N)=O)C2)S(C)(=O)=O. The molecule has 21 heavy (non-hydrogen) atoms. The average Bonchev–Trinajstić information content (AvgIpc) is 2.60. The number of hydrogen-bond donors (Lipinski definition) is 2. The fourth-order valence-electron chi connectivity index (χ4n) is 3.54. The molecule has 0 spiro atoms. The molecule has 2 rings (SSSR count). The van der Waals surface area contributed by atoms with E-state index in [0.717, 1.165) is 36.2 Å². The molecule has 0 saturated carbocycles. The van der Waals surface area contributed by atoms with E-state index in [0.29, 0.717) is 6.54 Å². The molecule has 0 aromatic carbocycles. The third-order valence-corrected chi connectivity index (χ3v) is 6.02. The van der Waals surface area contributed by atoms with E-state index in [1.807, 2.05) is 0 Å². The number of nitrogens with zero attached hydrogens (tertiary/aromatic N) is 2. The molecule has 2 heterocycles. The smallest absolute Gasteiger partial charge is 0.220 e. The Morgan fingerprint density at radius 2 is 1.90 bits per heavy atom. The maximum Gasteiger partial charge on any atom is 0.220 e. The average molecular weight is 319 g/mol. The monoisotopic (exact) mass is 319 g/mol. The second-order valence-corrected chi connectivity index (χ2v) is 8.44. The van der Waals surface area contributed by atoms with Crippen molar-refractivity contribution in [1.82, 2.24) is 9.21 Å². The number of piperidine rings is 1. The zero-order valence-corrected chi connectivity index (χ0v) is 13.4. The molecule has 2 aliphatic rings. The predicted octanol–water partition coefficient (Wildman–Crippen LogP) is -1.03. The first-order valence-electron chi connectivity index (χ1n) is 7.33. The van der Waals surface area contributed by atoms with E-state index in [9.17, 15) is 18.3 Å². The van der Waals surface area contributed by atoms with Crippen LogP contribution in [-0.2, 0) is 14.8 Å². The zero-order chi connectivity index (χ0) is 15.8. The number of likely N-dealkylation sites (N-methyl/N-ethyl adjacent to an activating group) is 1. The first-order chi connectivity index (χ1) is 9.68. The number of hydrogen-bond acceptors (Lipinski definition) is 5. The van der Waals surface area contributed by atoms with E-state index in [4.69, 9.17) is 5.73 Å². The lowest BCUT2D eigenvalue weighted by molar-refractivity contribution is -0.124. The van der Waals surface area contributed by atoms with Gasteiger partial charge in [0.2, 0.25) is 15.9 Å². The van der Waals surface area contributed by atoms with Gasteiger partial charge in [0.25, 0.3) is 0 Å². The lowest BCUT2D eigenvalue weighted by atomic mass is 9.90. The molecule has 0 aliphatic carbocycles. The van der Waals surface area contributed by atoms with Crippen LogP contribution in [0.4, 0.5) is 0 Å². The Kier molecular flexibility index (Phi) is 4.92. The molecule has 4 atom stereocenters. The maximum atomic E-state index is 11.4. The molecule has 7 nitrogen and oxygen atoms in total. The summed E-state index contributed by atoms with van der Waals surface area (Å²) >= 11 is 0. The van der Waals surface area contributed by atoms with Gasteiger partial charge in [-0.15, -0.1) is 0 Å². The molecular weight excluding hydrogens is 294 g/mol. The maximum absolute atomic E-state index is 11.4. The summed E-state index contributed by atoms with van der Waals surface area (Å²) in [5, 5.41) is 10.1. The van der Waals surface area contributed by atoms with Crippen LogP contribution >= 0.6 is 0 Å². The Morgan fingerprint density at radius 3 is 2.33 bits per heavy atom. The number of rotatable bonds is 6. The lowest BCUT2D eigenvalue weighted by Gasteiger charge is -2.39. The van der Waals surface area contributed by atoms with E-state index in [1.54, 1.807) is 0 Å². The number of primary amides is 1. The highest BCUT2D eigenvalue weighted by atomic mass is 32.2. The summed E-state index contributed by atoms with van der Waals surface area (Å²) < 4.78 is 23.9. The number of fused-ring (bicyclic) bond motifs is 2. The first kappa shape index (κ1) is 16.7. The number of amides is 1. The van der Waals surface area contributed by atoms with Crippen molar-refractivity contribution in [2.75, 3.05) is 26.4 Å². The highest BCUT2D eigenvalue weighted by Gasteiger charge is 2.42. The Hall–Kier alpha value is -0.700. The second-order valence-electron chi connectivity index (χ2n) is 6.35. The van der Waals surface area contributed by atoms with Crippen molar-refractivity contribution in [3.05, 3.63) is 0 Å². The van der Waals surface area contributed by atoms with Crippen LogP contribution in [0.25, 0.3) is 0 Å². The van der Waals surface area contributed by atoms with Crippen molar-refractivity contribution in [3.8, 4) is 0 Å². The van der Waals surface area contributed by atoms with E-state index < -0.39 is 16.1 Å². The molecule has 8 heteroatoms. The van der Waals surface area contributed by atoms with Crippen LogP contribution in [0.15, 0.2) is 0 Å². The fraction of sp³-hybridized carbons (Fsp3) is 0.923. The predicted molar refractivity (Wildman–Crippen MR) is 78.9 cm³/mol. The molecule has 0 radical (unpaired) electrons. The van der Waals surface area contributed by atoms with Gasteiger partial charge >= 0.3 is 0 Å². The van der Waals surface area contributed by atoms with E-state index >= 15 is 0 Å². The summed E-state index contributed by atoms with van der Waals surface area (Å²) in [4.78, 5) is 13.6. The summed E-state index contributed by atoms with van der Waals surface area (Å²) in [5.41, 5.74) is 5.40. The summed E-state index contributed by atoms with van der Waals surface area (Å²) in [6, 6.07) is 0.555. The first-order valence-corrected chi connectivity index (χ1v) is 9.17. The molecule has 0 unspecified atom stereocenters. The molecule has 2 fully saturated rings. The van der Waals surface area contributed by atoms with Crippen molar-refractivity contribution in [1.29, 1.82) is 0 Å². The van der Waals surface area contributed by atoms with Crippen LogP contribution in [0.2, 0.25) is 0 Å². The van der Waals surface area contributed by atoms with Crippen LogP contribution in [0.5, 0.6) is 0 Å². The Bertz CT molecular complexity index is 482. The quantitative estimate of drug-likeness (QED) is 0.651. The number of nitrogens with two attached hydrogens (primary N) is 1. The summed E-state index contributed by atoms with van der Waals surface area (Å²) in [7, 11) is -1.81. The number of sulfonamides is 1. The van der Waals surface area contributed by atoms with Crippen molar-refractivity contribution in [2.45, 2.75) is 43.9 Å². The largest absolute Gasteiger partial charge is 0.390 e. The fourth-order valence-corrected chi connectivity index (χ4v) is 3.98. The Balaban J connectivity index is 1.91. The van der Waals surface area contributed by atoms with Gasteiger partial charge in [-0.2, -0.15) is 0 Å². The number of aliphatic hydroxyl groups is 1. The van der Waals surface area contributed by atoms with Gasteiger partial charge in [0.15, 0.2) is 0 Å². The molecule has 0 aromatic rings. The summed E-state index contributed by atoms with van der Waals surface area (Å²) in [5.74, 6) is -0.293. The summed E-state index contributed by atoms with van der Waals surface area (Å²) in [6.45, 7) is 0.536. The molecule has 2 aliphatic heterocycles. The third kappa shape index (κ3) is 3.94. The van der Waals surface area contributed by atoms with Crippen molar-refractivity contribution < 1.29 is 18.3 Å². The topological polar surface area (TPSA) is 104 Å². The zero-order valence-electron chi connectivity index (χ0n) is 12.6. The van der Waals surface area contributed by atoms with E-state index in [-0.39, 0.29) is 30.5 Å². The van der Waals surface area contributed by atoms with Crippen LogP contribution < -0.4 is 5.73 Å². The van der Waals surface area contributed by atoms with Crippen LogP contribution in [0.3, 0.4) is 0 Å². The minimum absolute atomic E-state index is 0.0606. The van der Waals surface area contributed by atoms with Crippen LogP contribution in [0.1, 0.15) is 25.7 Å². The van der Waals surface area contributed by atoms with Gasteiger partial charge < -0.3 is 10.8 Å². The summed E-state index contributed by atoms with van der Waals surface area (Å²) in [6.07, 6.45) is 3.94. The van der Waals surface area contributed by atoms with Crippen LogP contribution in [0, 0.1) is 5.92 Å². The van der Waals surface area contributed by atoms with Gasteiger partial charge in [-0.3, -0.25) is 9.69 Å². The van der Waals surface area contributed by atoms with Gasteiger partial charge in [0.1, 0.15) is 0 Å². The highest BCUT2D eigenvalue weighted by molar-refractivity contribution is 7.88. The van der Waals surface area contributed by atoms with Crippen molar-refractivity contribution in [2.24, 2.45) is 11.7 Å². The normalized spacial score (nSPS) is 31.5. The molecule has 3 N–H and O–H groups in total. The standard InChI is InChI=1S/C13H25N3O4S/c1-15(21(2,19)20)7-12(17)8-16-10-3-4-11(16)6-9(5-10)13(14)18/h9-12,17H,3-8H2,1-2H3,(H2,14,18)/t9-,10-,11+,12-/m0/s1. The molecule has 1 amide bonds. The Labute approximate surface area is 126 Å². The molecule has 0 aromatic heterocycles. The number of aliphatic hydroxyl groups excluding tert-OH is 1. The molecular formula is C13H25N3O4S. The van der Waals surface area contributed by atoms with Gasteiger partial charge in [-0.1, -0.05) is 0 Å². The van der Waals surface area contributed by atoms with Gasteiger partial charge in [0.05, 0.1) is 12.4 Å². The minimum Gasteiger partial charge on any atom is -0.390 e. The van der Waals surface area contributed by atoms with E-state index in [2.05, 4.69) is 4.90 Å². The number of carbonyl (C=O) groups is 1. The highest BCUT2D eigenvalue weighted by Crippen LogP contribution is 2.38. The minimum atomic E-state index is -3.28. The second kappa shape index (κ2) is 6.20.